The van der Waals surface area contributed by atoms with Gasteiger partial charge in [0.15, 0.2) is 0 Å². The number of aromatic nitrogens is 1. The van der Waals surface area contributed by atoms with Gasteiger partial charge in [0.05, 0.1) is 0 Å². The summed E-state index contributed by atoms with van der Waals surface area (Å²) < 4.78 is 1.75. The fraction of sp³-hybridized carbons (Fsp3) is 0.0435. The number of carbonyl (C=O) groups excluding carboxylic acids is 2. The minimum atomic E-state index is -0.666. The zero-order valence-electron chi connectivity index (χ0n) is 14.9. The van der Waals surface area contributed by atoms with Gasteiger partial charge in [-0.15, -0.1) is 0 Å². The lowest BCUT2D eigenvalue weighted by atomic mass is 10.0. The summed E-state index contributed by atoms with van der Waals surface area (Å²) in [6.45, 7) is 0.189. The average Bonchev–Trinajstić information content (AvgIpc) is 3.12. The molecule has 0 saturated heterocycles. The number of nitrogens with one attached hydrogen (secondary N) is 1. The van der Waals surface area contributed by atoms with E-state index < -0.39 is 11.7 Å². The number of nitrogens with zero attached hydrogens (tertiary/aromatic N) is 1. The second-order valence-corrected chi connectivity index (χ2v) is 6.78. The Hall–Kier alpha value is -3.37. The van der Waals surface area contributed by atoms with Gasteiger partial charge in [-0.1, -0.05) is 66.2 Å². The Balaban J connectivity index is 1.68. The van der Waals surface area contributed by atoms with Gasteiger partial charge in [0.25, 0.3) is 11.7 Å². The first-order chi connectivity index (χ1) is 13.6. The van der Waals surface area contributed by atoms with Gasteiger partial charge in [-0.05, 0) is 35.4 Å². The Kier molecular flexibility index (Phi) is 4.96. The van der Waals surface area contributed by atoms with Crippen molar-refractivity contribution in [1.82, 2.24) is 9.72 Å². The fourth-order valence-electron chi connectivity index (χ4n) is 3.20. The molecule has 5 heteroatoms. The molecule has 0 atom stereocenters. The number of carbonyl (C=O) groups is 2. The van der Waals surface area contributed by atoms with Crippen LogP contribution in [-0.2, 0) is 11.3 Å². The van der Waals surface area contributed by atoms with Crippen LogP contribution in [0.25, 0.3) is 16.6 Å². The van der Waals surface area contributed by atoms with Crippen molar-refractivity contribution >= 4 is 28.8 Å². The van der Waals surface area contributed by atoms with Gasteiger partial charge in [-0.2, -0.15) is 0 Å². The molecule has 0 spiro atoms. The summed E-state index contributed by atoms with van der Waals surface area (Å²) in [6, 6.07) is 24.4. The molecule has 4 nitrogen and oxygen atoms in total. The van der Waals surface area contributed by atoms with E-state index in [2.05, 4.69) is 5.32 Å². The first kappa shape index (κ1) is 18.0. The Morgan fingerprint density at radius 2 is 1.61 bits per heavy atom. The number of hydrogen-bond donors (Lipinski definition) is 1. The maximum atomic E-state index is 13.1. The normalized spacial score (nSPS) is 10.8. The SMILES string of the molecule is O=C(NCc1ccccc1Cl)C(=O)c1c(-c2ccccc2)cc2ccccn12. The van der Waals surface area contributed by atoms with E-state index in [1.807, 2.05) is 72.8 Å². The second kappa shape index (κ2) is 7.71. The largest absolute Gasteiger partial charge is 0.345 e. The van der Waals surface area contributed by atoms with Crippen LogP contribution in [0.2, 0.25) is 5.02 Å². The van der Waals surface area contributed by atoms with Crippen molar-refractivity contribution in [3.63, 3.8) is 0 Å². The lowest BCUT2D eigenvalue weighted by Gasteiger charge is -2.08. The predicted molar refractivity (Wildman–Crippen MR) is 110 cm³/mol. The molecule has 138 valence electrons. The van der Waals surface area contributed by atoms with Crippen molar-refractivity contribution in [3.8, 4) is 11.1 Å². The number of halogens is 1. The molecule has 1 N–H and O–H groups in total. The Morgan fingerprint density at radius 1 is 0.893 bits per heavy atom. The molecule has 0 radical (unpaired) electrons. The molecule has 0 aliphatic carbocycles. The van der Waals surface area contributed by atoms with E-state index in [1.54, 1.807) is 16.7 Å². The van der Waals surface area contributed by atoms with Crippen LogP contribution in [0.4, 0.5) is 0 Å². The number of ketones is 1. The number of fused-ring (bicyclic) bond motifs is 1. The van der Waals surface area contributed by atoms with E-state index in [-0.39, 0.29) is 6.54 Å². The molecule has 0 aliphatic rings. The highest BCUT2D eigenvalue weighted by atomic mass is 35.5. The van der Waals surface area contributed by atoms with Crippen LogP contribution in [0.3, 0.4) is 0 Å². The highest BCUT2D eigenvalue weighted by Gasteiger charge is 2.24. The molecule has 2 aromatic carbocycles. The van der Waals surface area contributed by atoms with Gasteiger partial charge in [-0.25, -0.2) is 0 Å². The second-order valence-electron chi connectivity index (χ2n) is 6.37. The van der Waals surface area contributed by atoms with E-state index in [4.69, 9.17) is 11.6 Å². The lowest BCUT2D eigenvalue weighted by molar-refractivity contribution is -0.117. The lowest BCUT2D eigenvalue weighted by Crippen LogP contribution is -2.31. The number of Topliss-reactive ketones (excluding diaryl/α,β-unsaturated/α-hetero) is 1. The molecule has 1 amide bonds. The summed E-state index contributed by atoms with van der Waals surface area (Å²) in [5, 5.41) is 3.23. The molecule has 0 saturated carbocycles. The van der Waals surface area contributed by atoms with Gasteiger partial charge in [0.1, 0.15) is 5.69 Å². The minimum absolute atomic E-state index is 0.189. The first-order valence-corrected chi connectivity index (χ1v) is 9.24. The van der Waals surface area contributed by atoms with Crippen molar-refractivity contribution in [2.45, 2.75) is 6.54 Å². The third-order valence-corrected chi connectivity index (χ3v) is 4.95. The molecule has 0 aliphatic heterocycles. The maximum absolute atomic E-state index is 13.1. The minimum Gasteiger partial charge on any atom is -0.345 e. The van der Waals surface area contributed by atoms with Gasteiger partial charge >= 0.3 is 0 Å². The summed E-state index contributed by atoms with van der Waals surface area (Å²) in [4.78, 5) is 25.7. The Morgan fingerprint density at radius 3 is 2.39 bits per heavy atom. The summed E-state index contributed by atoms with van der Waals surface area (Å²) in [6.07, 6.45) is 1.79. The van der Waals surface area contributed by atoms with Crippen molar-refractivity contribution < 1.29 is 9.59 Å². The number of hydrogen-bond acceptors (Lipinski definition) is 2. The molecule has 4 rings (SSSR count). The van der Waals surface area contributed by atoms with E-state index in [0.717, 1.165) is 22.2 Å². The monoisotopic (exact) mass is 388 g/mol. The van der Waals surface area contributed by atoms with E-state index in [9.17, 15) is 9.59 Å². The summed E-state index contributed by atoms with van der Waals surface area (Å²) in [7, 11) is 0. The zero-order chi connectivity index (χ0) is 19.5. The van der Waals surface area contributed by atoms with Gasteiger partial charge in [0, 0.05) is 28.8 Å². The highest BCUT2D eigenvalue weighted by Crippen LogP contribution is 2.28. The fourth-order valence-corrected chi connectivity index (χ4v) is 3.40. The van der Waals surface area contributed by atoms with Crippen LogP contribution >= 0.6 is 11.6 Å². The molecular weight excluding hydrogens is 372 g/mol. The van der Waals surface area contributed by atoms with Crippen LogP contribution in [0, 0.1) is 0 Å². The molecule has 0 fully saturated rings. The Bertz CT molecular complexity index is 1170. The molecule has 0 bridgehead atoms. The number of benzene rings is 2. The zero-order valence-corrected chi connectivity index (χ0v) is 15.7. The molecule has 2 heterocycles. The van der Waals surface area contributed by atoms with Gasteiger partial charge < -0.3 is 9.72 Å². The number of amides is 1. The van der Waals surface area contributed by atoms with E-state index in [1.165, 1.54) is 0 Å². The van der Waals surface area contributed by atoms with Crippen LogP contribution in [-0.4, -0.2) is 16.1 Å². The maximum Gasteiger partial charge on any atom is 0.294 e. The molecule has 2 aromatic heterocycles. The van der Waals surface area contributed by atoms with Crippen molar-refractivity contribution in [2.75, 3.05) is 0 Å². The van der Waals surface area contributed by atoms with Crippen molar-refractivity contribution in [1.29, 1.82) is 0 Å². The summed E-state index contributed by atoms with van der Waals surface area (Å²) >= 11 is 6.13. The van der Waals surface area contributed by atoms with E-state index >= 15 is 0 Å². The predicted octanol–water partition coefficient (Wildman–Crippen LogP) is 4.76. The van der Waals surface area contributed by atoms with Crippen LogP contribution in [0.15, 0.2) is 85.1 Å². The highest BCUT2D eigenvalue weighted by molar-refractivity contribution is 6.43. The molecule has 4 aromatic rings. The van der Waals surface area contributed by atoms with Crippen LogP contribution < -0.4 is 5.32 Å². The third kappa shape index (κ3) is 3.42. The van der Waals surface area contributed by atoms with E-state index in [0.29, 0.717) is 10.7 Å². The van der Waals surface area contributed by atoms with Crippen LogP contribution in [0.5, 0.6) is 0 Å². The van der Waals surface area contributed by atoms with Crippen molar-refractivity contribution in [2.24, 2.45) is 0 Å². The van der Waals surface area contributed by atoms with Crippen molar-refractivity contribution in [3.05, 3.63) is 101 Å². The third-order valence-electron chi connectivity index (χ3n) is 4.58. The summed E-state index contributed by atoms with van der Waals surface area (Å²) in [5.74, 6) is -1.25. The summed E-state index contributed by atoms with van der Waals surface area (Å²) in [5.41, 5.74) is 3.56. The first-order valence-electron chi connectivity index (χ1n) is 8.86. The number of pyridine rings is 1. The smallest absolute Gasteiger partial charge is 0.294 e. The molecule has 0 unspecified atom stereocenters. The van der Waals surface area contributed by atoms with Crippen LogP contribution in [0.1, 0.15) is 16.1 Å². The van der Waals surface area contributed by atoms with Gasteiger partial charge in [-0.3, -0.25) is 9.59 Å². The number of rotatable bonds is 5. The van der Waals surface area contributed by atoms with Gasteiger partial charge in [0.2, 0.25) is 0 Å². The standard InChI is InChI=1S/C23H17ClN2O2/c24-20-12-5-4-10-17(20)15-25-23(28)22(27)21-19(16-8-2-1-3-9-16)14-18-11-6-7-13-26(18)21/h1-14H,15H2,(H,25,28). The average molecular weight is 389 g/mol. The topological polar surface area (TPSA) is 50.6 Å². The molecule has 28 heavy (non-hydrogen) atoms. The molecular formula is C23H17ClN2O2. The quantitative estimate of drug-likeness (QED) is 0.396. The Labute approximate surface area is 167 Å².